The average molecular weight is 495 g/mol. The molecule has 1 aliphatic rings. The van der Waals surface area contributed by atoms with Crippen LogP contribution in [0.15, 0.2) is 29.3 Å². The Hall–Kier alpha value is -1.57. The Kier molecular flexibility index (Phi) is 7.92. The molecule has 1 aromatic heterocycles. The first-order valence-corrected chi connectivity index (χ1v) is 9.96. The van der Waals surface area contributed by atoms with Gasteiger partial charge in [-0.05, 0) is 39.2 Å². The Morgan fingerprint density at radius 2 is 1.89 bits per heavy atom. The van der Waals surface area contributed by atoms with E-state index < -0.39 is 0 Å². The molecule has 2 aromatic rings. The van der Waals surface area contributed by atoms with Gasteiger partial charge in [-0.3, -0.25) is 9.67 Å². The molecule has 1 saturated carbocycles. The first-order chi connectivity index (χ1) is 12.9. The summed E-state index contributed by atoms with van der Waals surface area (Å²) < 4.78 is 1.94. The number of hydrogen-bond donors (Lipinski definition) is 2. The van der Waals surface area contributed by atoms with E-state index >= 15 is 0 Å². The molecule has 154 valence electrons. The van der Waals surface area contributed by atoms with Crippen molar-refractivity contribution in [3.8, 4) is 0 Å². The molecular formula is C22H34IN5. The van der Waals surface area contributed by atoms with Crippen LogP contribution >= 0.6 is 24.0 Å². The molecule has 5 nitrogen and oxygen atoms in total. The Balaban J connectivity index is 0.00000280. The van der Waals surface area contributed by atoms with Gasteiger partial charge in [-0.15, -0.1) is 24.0 Å². The highest BCUT2D eigenvalue weighted by Gasteiger charge is 2.35. The molecule has 0 amide bonds. The maximum Gasteiger partial charge on any atom is 0.191 e. The molecule has 2 N–H and O–H groups in total. The van der Waals surface area contributed by atoms with Crippen molar-refractivity contribution in [1.82, 2.24) is 20.4 Å². The molecule has 6 heteroatoms. The summed E-state index contributed by atoms with van der Waals surface area (Å²) >= 11 is 0. The summed E-state index contributed by atoms with van der Waals surface area (Å²) in [5.74, 6) is 0.858. The third-order valence-corrected chi connectivity index (χ3v) is 6.10. The topological polar surface area (TPSA) is 54.2 Å². The fraction of sp³-hybridized carbons (Fsp3) is 0.545. The molecule has 1 heterocycles. The van der Waals surface area contributed by atoms with Gasteiger partial charge in [-0.25, -0.2) is 0 Å². The van der Waals surface area contributed by atoms with Crippen LogP contribution in [0, 0.1) is 20.8 Å². The van der Waals surface area contributed by atoms with Crippen molar-refractivity contribution < 1.29 is 0 Å². The fourth-order valence-corrected chi connectivity index (χ4v) is 4.31. The monoisotopic (exact) mass is 495 g/mol. The van der Waals surface area contributed by atoms with E-state index in [1.165, 1.54) is 48.1 Å². The maximum absolute atomic E-state index is 4.50. The first kappa shape index (κ1) is 22.7. The van der Waals surface area contributed by atoms with E-state index in [1.54, 1.807) is 0 Å². The number of guanidine groups is 1. The molecule has 0 bridgehead atoms. The number of benzene rings is 1. The third-order valence-electron chi connectivity index (χ3n) is 6.10. The maximum atomic E-state index is 4.50. The Bertz CT molecular complexity index is 818. The number of aryl methyl sites for hydroxylation is 3. The number of aromatic nitrogens is 2. The quantitative estimate of drug-likeness (QED) is 0.373. The van der Waals surface area contributed by atoms with E-state index in [4.69, 9.17) is 0 Å². The predicted octanol–water partition coefficient (Wildman–Crippen LogP) is 4.14. The molecule has 3 rings (SSSR count). The van der Waals surface area contributed by atoms with Gasteiger partial charge in [0.1, 0.15) is 0 Å². The molecule has 0 spiro atoms. The van der Waals surface area contributed by atoms with Gasteiger partial charge in [0.05, 0.1) is 5.69 Å². The van der Waals surface area contributed by atoms with Crippen molar-refractivity contribution in [3.05, 3.63) is 52.3 Å². The van der Waals surface area contributed by atoms with E-state index in [2.05, 4.69) is 65.8 Å². The highest BCUT2D eigenvalue weighted by molar-refractivity contribution is 14.0. The van der Waals surface area contributed by atoms with Crippen LogP contribution in [0.3, 0.4) is 0 Å². The minimum atomic E-state index is 0. The first-order valence-electron chi connectivity index (χ1n) is 9.96. The average Bonchev–Trinajstić information content (AvgIpc) is 3.22. The van der Waals surface area contributed by atoms with Crippen molar-refractivity contribution in [2.24, 2.45) is 12.0 Å². The molecule has 0 aliphatic heterocycles. The van der Waals surface area contributed by atoms with Crippen LogP contribution in [-0.4, -0.2) is 29.3 Å². The minimum absolute atomic E-state index is 0. The van der Waals surface area contributed by atoms with Gasteiger partial charge in [-0.2, -0.15) is 5.10 Å². The zero-order chi connectivity index (χ0) is 19.4. The van der Waals surface area contributed by atoms with Gasteiger partial charge in [0, 0.05) is 43.9 Å². The van der Waals surface area contributed by atoms with Gasteiger partial charge >= 0.3 is 0 Å². The predicted molar refractivity (Wildman–Crippen MR) is 128 cm³/mol. The second-order valence-electron chi connectivity index (χ2n) is 7.91. The van der Waals surface area contributed by atoms with Crippen molar-refractivity contribution in [1.29, 1.82) is 0 Å². The molecule has 28 heavy (non-hydrogen) atoms. The molecule has 0 atom stereocenters. The van der Waals surface area contributed by atoms with Crippen LogP contribution in [0.1, 0.15) is 53.8 Å². The molecule has 1 fully saturated rings. The second-order valence-corrected chi connectivity index (χ2v) is 7.91. The van der Waals surface area contributed by atoms with E-state index in [9.17, 15) is 0 Å². The van der Waals surface area contributed by atoms with Crippen molar-refractivity contribution in [2.75, 3.05) is 13.6 Å². The molecular weight excluding hydrogens is 461 g/mol. The Labute approximate surface area is 186 Å². The summed E-state index contributed by atoms with van der Waals surface area (Å²) in [6, 6.07) is 9.01. The molecule has 1 aromatic carbocycles. The molecule has 1 aliphatic carbocycles. The zero-order valence-electron chi connectivity index (χ0n) is 17.8. The lowest BCUT2D eigenvalue weighted by Crippen LogP contribution is -2.44. The summed E-state index contributed by atoms with van der Waals surface area (Å²) in [6.07, 6.45) is 5.08. The van der Waals surface area contributed by atoms with Gasteiger partial charge in [0.15, 0.2) is 5.96 Å². The number of nitrogens with zero attached hydrogens (tertiary/aromatic N) is 3. The van der Waals surface area contributed by atoms with Gasteiger partial charge in [0.2, 0.25) is 0 Å². The summed E-state index contributed by atoms with van der Waals surface area (Å²) in [6.45, 7) is 8.01. The van der Waals surface area contributed by atoms with E-state index in [1.807, 2.05) is 18.8 Å². The van der Waals surface area contributed by atoms with Crippen LogP contribution in [0.25, 0.3) is 0 Å². The van der Waals surface area contributed by atoms with E-state index in [-0.39, 0.29) is 29.4 Å². The van der Waals surface area contributed by atoms with Crippen molar-refractivity contribution in [3.63, 3.8) is 0 Å². The van der Waals surface area contributed by atoms with Gasteiger partial charge in [-0.1, -0.05) is 42.7 Å². The number of aliphatic imine (C=N–C) groups is 1. The number of rotatable bonds is 5. The number of halogens is 1. The van der Waals surface area contributed by atoms with Crippen molar-refractivity contribution in [2.45, 2.75) is 58.4 Å². The SMILES string of the molecule is CN=C(NCc1c(C)nn(C)c1C)NCC1(c2cccc(C)c2)CCCC1.I. The van der Waals surface area contributed by atoms with Crippen LogP contribution in [0.4, 0.5) is 0 Å². The van der Waals surface area contributed by atoms with E-state index in [0.717, 1.165) is 24.7 Å². The Morgan fingerprint density at radius 1 is 1.18 bits per heavy atom. The standard InChI is InChI=1S/C22H33N5.HI/c1-16-9-8-10-19(13-16)22(11-6-7-12-22)15-25-21(23-4)24-14-20-17(2)26-27(5)18(20)3;/h8-10,13H,6-7,11-12,14-15H2,1-5H3,(H2,23,24,25);1H. The number of hydrogen-bond acceptors (Lipinski definition) is 2. The second kappa shape index (κ2) is 9.76. The highest BCUT2D eigenvalue weighted by atomic mass is 127. The van der Waals surface area contributed by atoms with Gasteiger partial charge < -0.3 is 10.6 Å². The van der Waals surface area contributed by atoms with Crippen LogP contribution < -0.4 is 10.6 Å². The normalized spacial score (nSPS) is 16.0. The van der Waals surface area contributed by atoms with Crippen LogP contribution in [0.5, 0.6) is 0 Å². The third kappa shape index (κ3) is 4.88. The summed E-state index contributed by atoms with van der Waals surface area (Å²) in [7, 11) is 3.83. The highest BCUT2D eigenvalue weighted by Crippen LogP contribution is 2.40. The largest absolute Gasteiger partial charge is 0.356 e. The van der Waals surface area contributed by atoms with E-state index in [0.29, 0.717) is 0 Å². The number of nitrogens with one attached hydrogen (secondary N) is 2. The molecule has 0 unspecified atom stereocenters. The lowest BCUT2D eigenvalue weighted by Gasteiger charge is -2.31. The zero-order valence-corrected chi connectivity index (χ0v) is 20.1. The summed E-state index contributed by atoms with van der Waals surface area (Å²) in [5.41, 5.74) is 6.52. The summed E-state index contributed by atoms with van der Waals surface area (Å²) in [4.78, 5) is 4.44. The van der Waals surface area contributed by atoms with Crippen molar-refractivity contribution >= 4 is 29.9 Å². The van der Waals surface area contributed by atoms with Gasteiger partial charge in [0.25, 0.3) is 0 Å². The minimum Gasteiger partial charge on any atom is -0.356 e. The molecule has 0 saturated heterocycles. The van der Waals surface area contributed by atoms with Crippen LogP contribution in [-0.2, 0) is 19.0 Å². The smallest absolute Gasteiger partial charge is 0.191 e. The molecule has 0 radical (unpaired) electrons. The lowest BCUT2D eigenvalue weighted by molar-refractivity contribution is 0.431. The summed E-state index contributed by atoms with van der Waals surface area (Å²) in [5, 5.41) is 11.6. The Morgan fingerprint density at radius 3 is 2.46 bits per heavy atom. The van der Waals surface area contributed by atoms with Crippen LogP contribution in [0.2, 0.25) is 0 Å². The lowest BCUT2D eigenvalue weighted by atomic mass is 9.78. The fourth-order valence-electron chi connectivity index (χ4n) is 4.31.